The van der Waals surface area contributed by atoms with E-state index in [2.05, 4.69) is 15.9 Å². The van der Waals surface area contributed by atoms with Crippen molar-refractivity contribution < 1.29 is 10.1 Å². The van der Waals surface area contributed by atoms with Gasteiger partial charge in [0.1, 0.15) is 6.04 Å². The Morgan fingerprint density at radius 1 is 1.10 bits per heavy atom. The fourth-order valence-corrected chi connectivity index (χ4v) is 2.69. The molecule has 0 aliphatic rings. The minimum atomic E-state index is -1.10. The molecule has 0 heterocycles. The van der Waals surface area contributed by atoms with Crippen molar-refractivity contribution in [2.24, 2.45) is 0 Å². The second-order valence-electron chi connectivity index (χ2n) is 4.60. The Morgan fingerprint density at radius 2 is 1.62 bits per heavy atom. The summed E-state index contributed by atoms with van der Waals surface area (Å²) in [4.78, 5) is 9.54. The van der Waals surface area contributed by atoms with Crippen molar-refractivity contribution in [1.29, 1.82) is 0 Å². The van der Waals surface area contributed by atoms with E-state index >= 15 is 0 Å². The molecule has 0 saturated heterocycles. The van der Waals surface area contributed by atoms with Crippen LogP contribution in [0.1, 0.15) is 17.2 Å². The molecular formula is C15H15BrN2O3. The highest BCUT2D eigenvalue weighted by atomic mass is 79.9. The predicted molar refractivity (Wildman–Crippen MR) is 82.7 cm³/mol. The molecule has 110 valence electrons. The van der Waals surface area contributed by atoms with Gasteiger partial charge in [-0.2, -0.15) is 5.06 Å². The molecule has 2 rings (SSSR count). The van der Waals surface area contributed by atoms with Crippen molar-refractivity contribution in [1.82, 2.24) is 5.06 Å². The third-order valence-electron chi connectivity index (χ3n) is 3.11. The van der Waals surface area contributed by atoms with Crippen molar-refractivity contribution in [3.63, 3.8) is 0 Å². The summed E-state index contributed by atoms with van der Waals surface area (Å²) in [5.74, 6) is 0. The number of nitrogens with zero attached hydrogens (tertiary/aromatic N) is 2. The van der Waals surface area contributed by atoms with Gasteiger partial charge in [-0.15, -0.1) is 0 Å². The van der Waals surface area contributed by atoms with Gasteiger partial charge in [-0.3, -0.25) is 10.1 Å². The van der Waals surface area contributed by atoms with Crippen LogP contribution in [0.25, 0.3) is 0 Å². The van der Waals surface area contributed by atoms with Gasteiger partial charge in [0, 0.05) is 11.5 Å². The Labute approximate surface area is 131 Å². The van der Waals surface area contributed by atoms with Crippen LogP contribution in [0.15, 0.2) is 60.7 Å². The summed E-state index contributed by atoms with van der Waals surface area (Å²) in [5.41, 5.74) is 1.55. The minimum absolute atomic E-state index is 0.205. The molecule has 0 aliphatic carbocycles. The van der Waals surface area contributed by atoms with Crippen molar-refractivity contribution in [3.8, 4) is 0 Å². The van der Waals surface area contributed by atoms with Crippen molar-refractivity contribution in [3.05, 3.63) is 81.9 Å². The molecule has 5 nitrogen and oxygen atoms in total. The van der Waals surface area contributed by atoms with E-state index in [1.165, 1.54) is 0 Å². The Kier molecular flexibility index (Phi) is 5.44. The topological polar surface area (TPSA) is 66.6 Å². The van der Waals surface area contributed by atoms with Crippen LogP contribution in [-0.2, 0) is 6.54 Å². The second-order valence-corrected chi connectivity index (χ2v) is 5.53. The Morgan fingerprint density at radius 3 is 2.14 bits per heavy atom. The largest absolute Gasteiger partial charge is 0.313 e. The number of halogens is 1. The van der Waals surface area contributed by atoms with Crippen LogP contribution in [0.5, 0.6) is 0 Å². The molecule has 0 saturated carbocycles. The fraction of sp³-hybridized carbons (Fsp3) is 0.200. The van der Waals surface area contributed by atoms with E-state index in [9.17, 15) is 15.3 Å². The molecule has 0 aliphatic heterocycles. The Hall–Kier alpha value is -1.76. The van der Waals surface area contributed by atoms with E-state index < -0.39 is 15.9 Å². The van der Waals surface area contributed by atoms with Crippen LogP contribution in [0, 0.1) is 10.1 Å². The third kappa shape index (κ3) is 4.10. The summed E-state index contributed by atoms with van der Waals surface area (Å²) >= 11 is 3.06. The standard InChI is InChI=1S/C15H15BrN2O3/c16-15(18(20)21)14(13-9-5-2-6-10-13)17(19)11-12-7-3-1-4-8-12/h1-10,14-15,19H,11H2/t14-,15-/m1/s1. The lowest BCUT2D eigenvalue weighted by Gasteiger charge is -2.26. The van der Waals surface area contributed by atoms with Crippen LogP contribution < -0.4 is 0 Å². The highest BCUT2D eigenvalue weighted by Crippen LogP contribution is 2.29. The molecule has 0 amide bonds. The highest BCUT2D eigenvalue weighted by Gasteiger charge is 2.34. The van der Waals surface area contributed by atoms with Gasteiger partial charge in [0.15, 0.2) is 0 Å². The predicted octanol–water partition coefficient (Wildman–Crippen LogP) is 3.62. The maximum atomic E-state index is 11.1. The number of rotatable bonds is 6. The van der Waals surface area contributed by atoms with E-state index in [4.69, 9.17) is 0 Å². The normalized spacial score (nSPS) is 13.9. The van der Waals surface area contributed by atoms with Crippen molar-refractivity contribution in [2.45, 2.75) is 17.5 Å². The third-order valence-corrected chi connectivity index (χ3v) is 3.95. The first-order valence-electron chi connectivity index (χ1n) is 6.41. The average molecular weight is 351 g/mol. The number of hydrogen-bond acceptors (Lipinski definition) is 4. The molecule has 6 heteroatoms. The summed E-state index contributed by atoms with van der Waals surface area (Å²) in [6.07, 6.45) is 0. The maximum Gasteiger partial charge on any atom is 0.287 e. The SMILES string of the molecule is O=[N+]([O-])[C@@H](Br)[C@@H](c1ccccc1)N(O)Cc1ccccc1. The lowest BCUT2D eigenvalue weighted by molar-refractivity contribution is -0.506. The quantitative estimate of drug-likeness (QED) is 0.374. The molecule has 2 aromatic carbocycles. The van der Waals surface area contributed by atoms with Gasteiger partial charge in [0.05, 0.1) is 0 Å². The molecule has 0 fully saturated rings. The number of hydroxylamine groups is 2. The van der Waals surface area contributed by atoms with Crippen LogP contribution in [-0.4, -0.2) is 20.1 Å². The first kappa shape index (κ1) is 15.6. The van der Waals surface area contributed by atoms with Crippen molar-refractivity contribution >= 4 is 15.9 Å². The van der Waals surface area contributed by atoms with Gasteiger partial charge >= 0.3 is 0 Å². The molecule has 2 aromatic rings. The first-order chi connectivity index (χ1) is 10.1. The number of hydrogen-bond donors (Lipinski definition) is 1. The zero-order valence-corrected chi connectivity index (χ0v) is 12.8. The van der Waals surface area contributed by atoms with E-state index in [0.717, 1.165) is 10.6 Å². The van der Waals surface area contributed by atoms with Crippen LogP contribution in [0.3, 0.4) is 0 Å². The molecule has 0 radical (unpaired) electrons. The monoisotopic (exact) mass is 350 g/mol. The Bertz CT molecular complexity index is 580. The van der Waals surface area contributed by atoms with Crippen LogP contribution in [0.2, 0.25) is 0 Å². The summed E-state index contributed by atoms with van der Waals surface area (Å²) in [7, 11) is 0. The molecule has 2 atom stereocenters. The summed E-state index contributed by atoms with van der Waals surface area (Å²) in [5, 5.41) is 22.4. The van der Waals surface area contributed by atoms with Crippen molar-refractivity contribution in [2.75, 3.05) is 0 Å². The summed E-state index contributed by atoms with van der Waals surface area (Å²) in [6, 6.07) is 17.5. The lowest BCUT2D eigenvalue weighted by atomic mass is 10.1. The number of nitro groups is 1. The first-order valence-corrected chi connectivity index (χ1v) is 7.33. The van der Waals surface area contributed by atoms with E-state index in [-0.39, 0.29) is 6.54 Å². The van der Waals surface area contributed by atoms with Gasteiger partial charge in [-0.25, -0.2) is 0 Å². The average Bonchev–Trinajstić information content (AvgIpc) is 2.49. The maximum absolute atomic E-state index is 11.1. The zero-order valence-electron chi connectivity index (χ0n) is 11.2. The van der Waals surface area contributed by atoms with Crippen LogP contribution in [0.4, 0.5) is 0 Å². The van der Waals surface area contributed by atoms with Gasteiger partial charge in [0.2, 0.25) is 0 Å². The van der Waals surface area contributed by atoms with Gasteiger partial charge in [0.25, 0.3) is 4.95 Å². The zero-order chi connectivity index (χ0) is 15.2. The molecule has 0 aromatic heterocycles. The molecular weight excluding hydrogens is 336 g/mol. The molecule has 0 unspecified atom stereocenters. The van der Waals surface area contributed by atoms with Gasteiger partial charge < -0.3 is 5.21 Å². The minimum Gasteiger partial charge on any atom is -0.313 e. The van der Waals surface area contributed by atoms with E-state index in [1.54, 1.807) is 24.3 Å². The summed E-state index contributed by atoms with van der Waals surface area (Å²) < 4.78 is 0. The second kappa shape index (κ2) is 7.31. The molecule has 21 heavy (non-hydrogen) atoms. The number of alkyl halides is 1. The molecule has 0 spiro atoms. The van der Waals surface area contributed by atoms with Crippen LogP contribution >= 0.6 is 15.9 Å². The Balaban J connectivity index is 2.25. The molecule has 0 bridgehead atoms. The number of benzene rings is 2. The van der Waals surface area contributed by atoms with Gasteiger partial charge in [-0.05, 0) is 27.1 Å². The highest BCUT2D eigenvalue weighted by molar-refractivity contribution is 9.09. The smallest absolute Gasteiger partial charge is 0.287 e. The van der Waals surface area contributed by atoms with E-state index in [1.807, 2.05) is 36.4 Å². The van der Waals surface area contributed by atoms with E-state index in [0.29, 0.717) is 5.56 Å². The van der Waals surface area contributed by atoms with Gasteiger partial charge in [-0.1, -0.05) is 60.7 Å². The summed E-state index contributed by atoms with van der Waals surface area (Å²) in [6.45, 7) is 0.205. The fourth-order valence-electron chi connectivity index (χ4n) is 2.11. The molecule has 1 N–H and O–H groups in total. The lowest BCUT2D eigenvalue weighted by Crippen LogP contribution is -2.35.